The molecule has 0 bridgehead atoms. The Morgan fingerprint density at radius 2 is 2.22 bits per heavy atom. The normalized spacial score (nSPS) is 12.2. The zero-order valence-electron chi connectivity index (χ0n) is 10.4. The van der Waals surface area contributed by atoms with E-state index >= 15 is 0 Å². The third kappa shape index (κ3) is 5.89. The molecule has 1 aromatic carbocycles. The highest BCUT2D eigenvalue weighted by Gasteiger charge is 2.05. The van der Waals surface area contributed by atoms with E-state index in [2.05, 4.69) is 21.2 Å². The van der Waals surface area contributed by atoms with E-state index in [1.165, 1.54) is 0 Å². The van der Waals surface area contributed by atoms with Gasteiger partial charge in [0.1, 0.15) is 0 Å². The van der Waals surface area contributed by atoms with Gasteiger partial charge in [0.15, 0.2) is 0 Å². The van der Waals surface area contributed by atoms with Gasteiger partial charge in [0.2, 0.25) is 5.91 Å². The number of rotatable bonds is 7. The second-order valence-electron chi connectivity index (χ2n) is 4.12. The maximum Gasteiger partial charge on any atom is 0.220 e. The molecule has 0 radical (unpaired) electrons. The summed E-state index contributed by atoms with van der Waals surface area (Å²) in [4.78, 5) is 12.7. The summed E-state index contributed by atoms with van der Waals surface area (Å²) in [6, 6.07) is 7.97. The van der Waals surface area contributed by atoms with Gasteiger partial charge in [0.25, 0.3) is 0 Å². The first-order chi connectivity index (χ1) is 8.63. The summed E-state index contributed by atoms with van der Waals surface area (Å²) in [5, 5.41) is 11.7. The third-order valence-electron chi connectivity index (χ3n) is 2.38. The molecule has 3 nitrogen and oxygen atoms in total. The Hall–Kier alpha value is -0.520. The lowest BCUT2D eigenvalue weighted by molar-refractivity contribution is -0.120. The Bertz CT molecular complexity index is 387. The highest BCUT2D eigenvalue weighted by Crippen LogP contribution is 2.27. The number of thioether (sulfide) groups is 1. The molecule has 5 heteroatoms. The van der Waals surface area contributed by atoms with E-state index in [1.54, 1.807) is 11.8 Å². The zero-order valence-corrected chi connectivity index (χ0v) is 12.8. The van der Waals surface area contributed by atoms with Gasteiger partial charge in [-0.3, -0.25) is 4.79 Å². The SMILES string of the molecule is CC(CO)CNC(=O)CCSc1ccccc1Br. The fourth-order valence-corrected chi connectivity index (χ4v) is 2.77. The Kier molecular flexibility index (Phi) is 7.39. The molecule has 1 rings (SSSR count). The van der Waals surface area contributed by atoms with Gasteiger partial charge >= 0.3 is 0 Å². The Labute approximate surface area is 120 Å². The van der Waals surface area contributed by atoms with Crippen LogP contribution in [0.15, 0.2) is 33.6 Å². The molecule has 18 heavy (non-hydrogen) atoms. The fourth-order valence-electron chi connectivity index (χ4n) is 1.26. The maximum atomic E-state index is 11.5. The molecule has 0 spiro atoms. The molecule has 0 saturated heterocycles. The van der Waals surface area contributed by atoms with Gasteiger partial charge in [-0.05, 0) is 34.0 Å². The van der Waals surface area contributed by atoms with Crippen LogP contribution >= 0.6 is 27.7 Å². The van der Waals surface area contributed by atoms with E-state index in [4.69, 9.17) is 5.11 Å². The van der Waals surface area contributed by atoms with Crippen LogP contribution in [-0.2, 0) is 4.79 Å². The number of halogens is 1. The smallest absolute Gasteiger partial charge is 0.220 e. The van der Waals surface area contributed by atoms with Gasteiger partial charge in [0, 0.05) is 34.7 Å². The number of nitrogens with one attached hydrogen (secondary N) is 1. The largest absolute Gasteiger partial charge is 0.396 e. The van der Waals surface area contributed by atoms with Gasteiger partial charge in [-0.2, -0.15) is 0 Å². The lowest BCUT2D eigenvalue weighted by atomic mass is 10.2. The molecule has 1 unspecified atom stereocenters. The van der Waals surface area contributed by atoms with Crippen LogP contribution in [0.25, 0.3) is 0 Å². The first-order valence-electron chi connectivity index (χ1n) is 5.88. The van der Waals surface area contributed by atoms with Gasteiger partial charge in [0.05, 0.1) is 0 Å². The minimum Gasteiger partial charge on any atom is -0.396 e. The molecule has 1 atom stereocenters. The highest BCUT2D eigenvalue weighted by atomic mass is 79.9. The van der Waals surface area contributed by atoms with Crippen LogP contribution < -0.4 is 5.32 Å². The summed E-state index contributed by atoms with van der Waals surface area (Å²) in [7, 11) is 0. The number of amides is 1. The van der Waals surface area contributed by atoms with Crippen LogP contribution in [0.5, 0.6) is 0 Å². The van der Waals surface area contributed by atoms with Crippen molar-refractivity contribution < 1.29 is 9.90 Å². The van der Waals surface area contributed by atoms with Crippen molar-refractivity contribution >= 4 is 33.6 Å². The van der Waals surface area contributed by atoms with E-state index in [-0.39, 0.29) is 18.4 Å². The number of hydrogen-bond acceptors (Lipinski definition) is 3. The molecule has 2 N–H and O–H groups in total. The van der Waals surface area contributed by atoms with Crippen molar-refractivity contribution in [1.29, 1.82) is 0 Å². The first-order valence-corrected chi connectivity index (χ1v) is 7.66. The van der Waals surface area contributed by atoms with Crippen molar-refractivity contribution in [3.8, 4) is 0 Å². The Morgan fingerprint density at radius 3 is 2.89 bits per heavy atom. The molecular weight excluding hydrogens is 314 g/mol. The average molecular weight is 332 g/mol. The van der Waals surface area contributed by atoms with Gasteiger partial charge in [-0.25, -0.2) is 0 Å². The predicted molar refractivity (Wildman–Crippen MR) is 78.7 cm³/mol. The fraction of sp³-hybridized carbons (Fsp3) is 0.462. The Balaban J connectivity index is 2.22. The second-order valence-corrected chi connectivity index (χ2v) is 6.11. The van der Waals surface area contributed by atoms with Crippen LogP contribution in [0, 0.1) is 5.92 Å². The van der Waals surface area contributed by atoms with E-state index < -0.39 is 0 Å². The number of hydrogen-bond donors (Lipinski definition) is 2. The Morgan fingerprint density at radius 1 is 1.50 bits per heavy atom. The summed E-state index contributed by atoms with van der Waals surface area (Å²) in [6.45, 7) is 2.54. The van der Waals surface area contributed by atoms with Crippen molar-refractivity contribution in [3.05, 3.63) is 28.7 Å². The number of carbonyl (C=O) groups is 1. The monoisotopic (exact) mass is 331 g/mol. The van der Waals surface area contributed by atoms with Crippen molar-refractivity contribution in [2.45, 2.75) is 18.2 Å². The summed E-state index contributed by atoms with van der Waals surface area (Å²) < 4.78 is 1.06. The quantitative estimate of drug-likeness (QED) is 0.755. The molecular formula is C13H18BrNO2S. The van der Waals surface area contributed by atoms with Crippen LogP contribution in [0.3, 0.4) is 0 Å². The van der Waals surface area contributed by atoms with Gasteiger partial charge in [-0.15, -0.1) is 11.8 Å². The molecule has 1 amide bonds. The van der Waals surface area contributed by atoms with Crippen molar-refractivity contribution in [2.75, 3.05) is 18.9 Å². The zero-order chi connectivity index (χ0) is 13.4. The van der Waals surface area contributed by atoms with E-state index in [9.17, 15) is 4.79 Å². The first kappa shape index (κ1) is 15.5. The highest BCUT2D eigenvalue weighted by molar-refractivity contribution is 9.10. The summed E-state index contributed by atoms with van der Waals surface area (Å²) in [6.07, 6.45) is 0.490. The van der Waals surface area contributed by atoms with Crippen LogP contribution in [0.1, 0.15) is 13.3 Å². The summed E-state index contributed by atoms with van der Waals surface area (Å²) >= 11 is 5.13. The molecule has 0 heterocycles. The number of aliphatic hydroxyl groups is 1. The molecule has 0 aliphatic heterocycles. The third-order valence-corrected chi connectivity index (χ3v) is 4.41. The lowest BCUT2D eigenvalue weighted by Crippen LogP contribution is -2.29. The number of carbonyl (C=O) groups excluding carboxylic acids is 1. The summed E-state index contributed by atoms with van der Waals surface area (Å²) in [5.41, 5.74) is 0. The lowest BCUT2D eigenvalue weighted by Gasteiger charge is -2.09. The van der Waals surface area contributed by atoms with Crippen LogP contribution in [-0.4, -0.2) is 29.9 Å². The minimum atomic E-state index is 0.0369. The maximum absolute atomic E-state index is 11.5. The van der Waals surface area contributed by atoms with Crippen molar-refractivity contribution in [1.82, 2.24) is 5.32 Å². The van der Waals surface area contributed by atoms with E-state index in [0.29, 0.717) is 13.0 Å². The van der Waals surface area contributed by atoms with Crippen molar-refractivity contribution in [2.24, 2.45) is 5.92 Å². The number of aliphatic hydroxyl groups excluding tert-OH is 1. The van der Waals surface area contributed by atoms with Crippen LogP contribution in [0.2, 0.25) is 0 Å². The molecule has 0 aliphatic carbocycles. The molecule has 0 fully saturated rings. The van der Waals surface area contributed by atoms with Gasteiger partial charge in [-0.1, -0.05) is 19.1 Å². The molecule has 0 saturated carbocycles. The number of benzene rings is 1. The van der Waals surface area contributed by atoms with E-state index in [0.717, 1.165) is 15.1 Å². The second kappa shape index (κ2) is 8.56. The predicted octanol–water partition coefficient (Wildman–Crippen LogP) is 2.68. The summed E-state index contributed by atoms with van der Waals surface area (Å²) in [5.74, 6) is 0.904. The topological polar surface area (TPSA) is 49.3 Å². The minimum absolute atomic E-state index is 0.0369. The van der Waals surface area contributed by atoms with E-state index in [1.807, 2.05) is 31.2 Å². The van der Waals surface area contributed by atoms with Crippen LogP contribution in [0.4, 0.5) is 0 Å². The standard InChI is InChI=1S/C13H18BrNO2S/c1-10(9-16)8-15-13(17)6-7-18-12-5-3-2-4-11(12)14/h2-5,10,16H,6-9H2,1H3,(H,15,17). The molecule has 1 aromatic rings. The molecule has 0 aliphatic rings. The molecule has 100 valence electrons. The average Bonchev–Trinajstić information content (AvgIpc) is 2.38. The molecule has 0 aromatic heterocycles. The van der Waals surface area contributed by atoms with Gasteiger partial charge < -0.3 is 10.4 Å². The van der Waals surface area contributed by atoms with Crippen molar-refractivity contribution in [3.63, 3.8) is 0 Å².